The van der Waals surface area contributed by atoms with Crippen LogP contribution < -0.4 is 10.6 Å². The van der Waals surface area contributed by atoms with Gasteiger partial charge in [0.1, 0.15) is 0 Å². The Labute approximate surface area is 111 Å². The fourth-order valence-electron chi connectivity index (χ4n) is 1.52. The molecule has 6 heteroatoms. The van der Waals surface area contributed by atoms with Crippen LogP contribution in [0.25, 0.3) is 5.69 Å². The second-order valence-electron chi connectivity index (χ2n) is 3.83. The monoisotopic (exact) mass is 257 g/mol. The number of hydrogen-bond acceptors (Lipinski definition) is 4. The van der Waals surface area contributed by atoms with Crippen LogP contribution in [0.4, 0.5) is 5.69 Å². The van der Waals surface area contributed by atoms with Gasteiger partial charge in [0.15, 0.2) is 0 Å². The molecule has 0 atom stereocenters. The van der Waals surface area contributed by atoms with Crippen LogP contribution in [-0.2, 0) is 4.79 Å². The molecule has 0 fully saturated rings. The van der Waals surface area contributed by atoms with Gasteiger partial charge in [-0.25, -0.2) is 0 Å². The Bertz CT molecular complexity index is 533. The standard InChI is InChI=1S/C13H15N5O/c1-2-7-14-10-13(19)17-11-3-5-12(6-4-11)18-15-8-9-16-18/h2-6,8-9,14H,1,7,10H2,(H,17,19). The van der Waals surface area contributed by atoms with E-state index < -0.39 is 0 Å². The van der Waals surface area contributed by atoms with E-state index in [4.69, 9.17) is 0 Å². The van der Waals surface area contributed by atoms with Gasteiger partial charge in [-0.05, 0) is 24.3 Å². The second kappa shape index (κ2) is 6.46. The van der Waals surface area contributed by atoms with Crippen LogP contribution in [0.2, 0.25) is 0 Å². The van der Waals surface area contributed by atoms with Gasteiger partial charge in [-0.15, -0.1) is 6.58 Å². The highest BCUT2D eigenvalue weighted by molar-refractivity contribution is 5.92. The predicted octanol–water partition coefficient (Wildman–Crippen LogP) is 0.981. The molecule has 0 unspecified atom stereocenters. The average Bonchev–Trinajstić information content (AvgIpc) is 2.94. The van der Waals surface area contributed by atoms with Crippen LogP contribution in [0.5, 0.6) is 0 Å². The summed E-state index contributed by atoms with van der Waals surface area (Å²) in [5, 5.41) is 13.8. The van der Waals surface area contributed by atoms with Crippen molar-refractivity contribution in [2.45, 2.75) is 0 Å². The van der Waals surface area contributed by atoms with Crippen molar-refractivity contribution in [3.8, 4) is 5.69 Å². The quantitative estimate of drug-likeness (QED) is 0.598. The number of amides is 1. The highest BCUT2D eigenvalue weighted by Gasteiger charge is 2.02. The summed E-state index contributed by atoms with van der Waals surface area (Å²) in [6.45, 7) is 4.43. The van der Waals surface area contributed by atoms with E-state index in [1.807, 2.05) is 24.3 Å². The van der Waals surface area contributed by atoms with E-state index in [-0.39, 0.29) is 12.5 Å². The molecule has 1 aromatic carbocycles. The van der Waals surface area contributed by atoms with Gasteiger partial charge in [-0.3, -0.25) is 4.79 Å². The Morgan fingerprint density at radius 3 is 2.58 bits per heavy atom. The molecule has 0 aliphatic rings. The molecule has 0 aliphatic carbocycles. The number of benzene rings is 1. The molecule has 2 rings (SSSR count). The number of carbonyl (C=O) groups excluding carboxylic acids is 1. The van der Waals surface area contributed by atoms with E-state index in [0.717, 1.165) is 11.4 Å². The first kappa shape index (κ1) is 13.0. The molecule has 98 valence electrons. The Hall–Kier alpha value is -2.47. The van der Waals surface area contributed by atoms with Crippen molar-refractivity contribution in [1.29, 1.82) is 0 Å². The van der Waals surface area contributed by atoms with E-state index in [2.05, 4.69) is 27.4 Å². The SMILES string of the molecule is C=CCNCC(=O)Nc1ccc(-n2nccn2)cc1. The maximum Gasteiger partial charge on any atom is 0.238 e. The molecule has 1 heterocycles. The first-order chi connectivity index (χ1) is 9.29. The Balaban J connectivity index is 1.92. The summed E-state index contributed by atoms with van der Waals surface area (Å²) in [6.07, 6.45) is 4.93. The Morgan fingerprint density at radius 2 is 1.95 bits per heavy atom. The summed E-state index contributed by atoms with van der Waals surface area (Å²) < 4.78 is 0. The zero-order valence-corrected chi connectivity index (χ0v) is 10.4. The molecule has 0 saturated carbocycles. The van der Waals surface area contributed by atoms with Crippen molar-refractivity contribution in [2.75, 3.05) is 18.4 Å². The van der Waals surface area contributed by atoms with Crippen molar-refractivity contribution in [2.24, 2.45) is 0 Å². The first-order valence-electron chi connectivity index (χ1n) is 5.88. The van der Waals surface area contributed by atoms with Crippen LogP contribution in [0.15, 0.2) is 49.3 Å². The average molecular weight is 257 g/mol. The molecule has 1 aromatic heterocycles. The van der Waals surface area contributed by atoms with E-state index in [9.17, 15) is 4.79 Å². The van der Waals surface area contributed by atoms with E-state index >= 15 is 0 Å². The van der Waals surface area contributed by atoms with Gasteiger partial charge in [0.25, 0.3) is 0 Å². The molecule has 6 nitrogen and oxygen atoms in total. The lowest BCUT2D eigenvalue weighted by atomic mass is 10.3. The van der Waals surface area contributed by atoms with Crippen LogP contribution in [-0.4, -0.2) is 34.0 Å². The number of anilines is 1. The Morgan fingerprint density at radius 1 is 1.26 bits per heavy atom. The number of carbonyl (C=O) groups is 1. The summed E-state index contributed by atoms with van der Waals surface area (Å²) in [5.41, 5.74) is 1.58. The molecule has 0 spiro atoms. The second-order valence-corrected chi connectivity index (χ2v) is 3.83. The van der Waals surface area contributed by atoms with Gasteiger partial charge in [0.2, 0.25) is 5.91 Å². The molecular formula is C13H15N5O. The maximum atomic E-state index is 11.6. The van der Waals surface area contributed by atoms with Crippen LogP contribution >= 0.6 is 0 Å². The molecule has 19 heavy (non-hydrogen) atoms. The zero-order valence-electron chi connectivity index (χ0n) is 10.4. The topological polar surface area (TPSA) is 71.8 Å². The minimum atomic E-state index is -0.0909. The van der Waals surface area contributed by atoms with E-state index in [1.165, 1.54) is 4.80 Å². The molecule has 0 bridgehead atoms. The zero-order chi connectivity index (χ0) is 13.5. The fourth-order valence-corrected chi connectivity index (χ4v) is 1.52. The lowest BCUT2D eigenvalue weighted by Gasteiger charge is -2.06. The van der Waals surface area contributed by atoms with Crippen LogP contribution in [0, 0.1) is 0 Å². The van der Waals surface area contributed by atoms with Crippen molar-refractivity contribution < 1.29 is 4.79 Å². The predicted molar refractivity (Wildman–Crippen MR) is 73.1 cm³/mol. The lowest BCUT2D eigenvalue weighted by Crippen LogP contribution is -2.28. The first-order valence-corrected chi connectivity index (χ1v) is 5.88. The minimum Gasteiger partial charge on any atom is -0.325 e. The third-order valence-electron chi connectivity index (χ3n) is 2.37. The summed E-state index contributed by atoms with van der Waals surface area (Å²) in [5.74, 6) is -0.0909. The van der Waals surface area contributed by atoms with Gasteiger partial charge >= 0.3 is 0 Å². The smallest absolute Gasteiger partial charge is 0.238 e. The lowest BCUT2D eigenvalue weighted by molar-refractivity contribution is -0.115. The maximum absolute atomic E-state index is 11.6. The largest absolute Gasteiger partial charge is 0.325 e. The Kier molecular flexibility index (Phi) is 4.41. The number of hydrogen-bond donors (Lipinski definition) is 2. The van der Waals surface area contributed by atoms with Crippen molar-refractivity contribution in [3.05, 3.63) is 49.3 Å². The van der Waals surface area contributed by atoms with Gasteiger partial charge in [0.05, 0.1) is 24.6 Å². The van der Waals surface area contributed by atoms with E-state index in [0.29, 0.717) is 6.54 Å². The van der Waals surface area contributed by atoms with Gasteiger partial charge in [-0.2, -0.15) is 15.0 Å². The number of nitrogens with zero attached hydrogens (tertiary/aromatic N) is 3. The third-order valence-corrected chi connectivity index (χ3v) is 2.37. The number of aromatic nitrogens is 3. The summed E-state index contributed by atoms with van der Waals surface area (Å²) >= 11 is 0. The van der Waals surface area contributed by atoms with Crippen molar-refractivity contribution in [3.63, 3.8) is 0 Å². The number of nitrogens with one attached hydrogen (secondary N) is 2. The molecule has 0 radical (unpaired) electrons. The van der Waals surface area contributed by atoms with Gasteiger partial charge < -0.3 is 10.6 Å². The normalized spacial score (nSPS) is 10.1. The van der Waals surface area contributed by atoms with Crippen LogP contribution in [0.1, 0.15) is 0 Å². The van der Waals surface area contributed by atoms with Crippen LogP contribution in [0.3, 0.4) is 0 Å². The fraction of sp³-hybridized carbons (Fsp3) is 0.154. The highest BCUT2D eigenvalue weighted by Crippen LogP contribution is 2.11. The molecule has 0 saturated heterocycles. The van der Waals surface area contributed by atoms with E-state index in [1.54, 1.807) is 18.5 Å². The highest BCUT2D eigenvalue weighted by atomic mass is 16.1. The van der Waals surface area contributed by atoms with Gasteiger partial charge in [0, 0.05) is 12.2 Å². The van der Waals surface area contributed by atoms with Crippen molar-refractivity contribution in [1.82, 2.24) is 20.3 Å². The molecule has 2 N–H and O–H groups in total. The molecule has 2 aromatic rings. The third kappa shape index (κ3) is 3.75. The number of rotatable bonds is 6. The minimum absolute atomic E-state index is 0.0909. The van der Waals surface area contributed by atoms with Gasteiger partial charge in [-0.1, -0.05) is 6.08 Å². The summed E-state index contributed by atoms with van der Waals surface area (Å²) in [4.78, 5) is 13.1. The molecule has 0 aliphatic heterocycles. The summed E-state index contributed by atoms with van der Waals surface area (Å²) in [7, 11) is 0. The molecular weight excluding hydrogens is 242 g/mol. The summed E-state index contributed by atoms with van der Waals surface area (Å²) in [6, 6.07) is 7.30. The molecule has 1 amide bonds. The van der Waals surface area contributed by atoms with Crippen molar-refractivity contribution >= 4 is 11.6 Å².